The highest BCUT2D eigenvalue weighted by molar-refractivity contribution is 5.96. The average molecular weight is 383 g/mol. The van der Waals surface area contributed by atoms with Crippen molar-refractivity contribution in [3.8, 4) is 5.75 Å². The van der Waals surface area contributed by atoms with Crippen LogP contribution in [0.5, 0.6) is 5.75 Å². The summed E-state index contributed by atoms with van der Waals surface area (Å²) >= 11 is 0. The molecule has 3 amide bonds. The molecule has 2 aromatic carbocycles. The highest BCUT2D eigenvalue weighted by atomic mass is 16.5. The van der Waals surface area contributed by atoms with Crippen LogP contribution in [0, 0.1) is 5.92 Å². The third-order valence-corrected chi connectivity index (χ3v) is 3.97. The molecule has 0 saturated heterocycles. The van der Waals surface area contributed by atoms with E-state index < -0.39 is 0 Å². The summed E-state index contributed by atoms with van der Waals surface area (Å²) in [6, 6.07) is 13.5. The summed E-state index contributed by atoms with van der Waals surface area (Å²) in [6.45, 7) is 4.21. The van der Waals surface area contributed by atoms with Gasteiger partial charge in [0.05, 0.1) is 7.11 Å². The lowest BCUT2D eigenvalue weighted by Crippen LogP contribution is -2.34. The second kappa shape index (κ2) is 10.1. The molecule has 0 fully saturated rings. The van der Waals surface area contributed by atoms with Crippen molar-refractivity contribution in [1.82, 2.24) is 10.6 Å². The van der Waals surface area contributed by atoms with Gasteiger partial charge in [0.2, 0.25) is 5.91 Å². The summed E-state index contributed by atoms with van der Waals surface area (Å²) in [6.07, 6.45) is 0. The van der Waals surface area contributed by atoms with Crippen LogP contribution in [-0.4, -0.2) is 37.9 Å². The van der Waals surface area contributed by atoms with E-state index in [1.165, 1.54) is 7.11 Å². The van der Waals surface area contributed by atoms with Crippen LogP contribution in [0.25, 0.3) is 0 Å². The standard InChI is InChI=1S/C21H25N3O4/c1-14(2)19(25)24-17-9-7-15(8-10-17)20(26)22-11-12-23-21(27)16-5-4-6-18(13-16)28-3/h4-10,13-14H,11-12H2,1-3H3,(H,22,26)(H,23,27)(H,24,25). The Labute approximate surface area is 164 Å². The van der Waals surface area contributed by atoms with Crippen molar-refractivity contribution in [2.24, 2.45) is 5.92 Å². The number of rotatable bonds is 8. The molecule has 0 saturated carbocycles. The normalized spacial score (nSPS) is 10.3. The Morgan fingerprint density at radius 3 is 2.07 bits per heavy atom. The van der Waals surface area contributed by atoms with Crippen molar-refractivity contribution in [3.05, 3.63) is 59.7 Å². The molecule has 0 heterocycles. The molecule has 7 nitrogen and oxygen atoms in total. The van der Waals surface area contributed by atoms with E-state index >= 15 is 0 Å². The van der Waals surface area contributed by atoms with Crippen LogP contribution in [0.4, 0.5) is 5.69 Å². The molecular formula is C21H25N3O4. The lowest BCUT2D eigenvalue weighted by molar-refractivity contribution is -0.118. The maximum atomic E-state index is 12.2. The second-order valence-corrected chi connectivity index (χ2v) is 6.47. The van der Waals surface area contributed by atoms with Crippen LogP contribution >= 0.6 is 0 Å². The molecule has 0 aliphatic heterocycles. The van der Waals surface area contributed by atoms with Crippen molar-refractivity contribution in [2.75, 3.05) is 25.5 Å². The van der Waals surface area contributed by atoms with E-state index in [1.807, 2.05) is 13.8 Å². The second-order valence-electron chi connectivity index (χ2n) is 6.47. The van der Waals surface area contributed by atoms with Crippen LogP contribution < -0.4 is 20.7 Å². The van der Waals surface area contributed by atoms with E-state index in [4.69, 9.17) is 4.74 Å². The molecule has 7 heteroatoms. The summed E-state index contributed by atoms with van der Waals surface area (Å²) in [5, 5.41) is 8.25. The first-order valence-electron chi connectivity index (χ1n) is 9.02. The first-order chi connectivity index (χ1) is 13.4. The van der Waals surface area contributed by atoms with E-state index in [0.29, 0.717) is 35.7 Å². The molecule has 0 aliphatic rings. The van der Waals surface area contributed by atoms with Crippen molar-refractivity contribution >= 4 is 23.4 Å². The minimum atomic E-state index is -0.252. The lowest BCUT2D eigenvalue weighted by atomic mass is 10.1. The Morgan fingerprint density at radius 1 is 0.893 bits per heavy atom. The van der Waals surface area contributed by atoms with Crippen molar-refractivity contribution < 1.29 is 19.1 Å². The quantitative estimate of drug-likeness (QED) is 0.610. The summed E-state index contributed by atoms with van der Waals surface area (Å²) in [5.41, 5.74) is 1.60. The van der Waals surface area contributed by atoms with Crippen LogP contribution in [0.2, 0.25) is 0 Å². The number of carbonyl (C=O) groups is 3. The monoisotopic (exact) mass is 383 g/mol. The molecule has 0 bridgehead atoms. The highest BCUT2D eigenvalue weighted by Crippen LogP contribution is 2.12. The molecule has 148 valence electrons. The lowest BCUT2D eigenvalue weighted by Gasteiger charge is -2.10. The molecule has 2 rings (SSSR count). The largest absolute Gasteiger partial charge is 0.497 e. The van der Waals surface area contributed by atoms with E-state index in [1.54, 1.807) is 48.5 Å². The maximum absolute atomic E-state index is 12.2. The summed E-state index contributed by atoms with van der Waals surface area (Å²) in [7, 11) is 1.54. The zero-order valence-electron chi connectivity index (χ0n) is 16.2. The van der Waals surface area contributed by atoms with Gasteiger partial charge in [-0.1, -0.05) is 19.9 Å². The van der Waals surface area contributed by atoms with Gasteiger partial charge < -0.3 is 20.7 Å². The maximum Gasteiger partial charge on any atom is 0.251 e. The predicted molar refractivity (Wildman–Crippen MR) is 108 cm³/mol. The van der Waals surface area contributed by atoms with Crippen molar-refractivity contribution in [1.29, 1.82) is 0 Å². The van der Waals surface area contributed by atoms with Gasteiger partial charge in [-0.3, -0.25) is 14.4 Å². The Bertz CT molecular complexity index is 832. The van der Waals surface area contributed by atoms with Gasteiger partial charge in [0.15, 0.2) is 0 Å². The molecule has 0 aromatic heterocycles. The molecule has 0 atom stereocenters. The van der Waals surface area contributed by atoms with Crippen molar-refractivity contribution in [2.45, 2.75) is 13.8 Å². The van der Waals surface area contributed by atoms with Gasteiger partial charge in [-0.2, -0.15) is 0 Å². The fraction of sp³-hybridized carbons (Fsp3) is 0.286. The zero-order valence-corrected chi connectivity index (χ0v) is 16.2. The highest BCUT2D eigenvalue weighted by Gasteiger charge is 2.09. The minimum Gasteiger partial charge on any atom is -0.497 e. The number of methoxy groups -OCH3 is 1. The Balaban J connectivity index is 1.77. The van der Waals surface area contributed by atoms with E-state index in [-0.39, 0.29) is 23.6 Å². The number of anilines is 1. The van der Waals surface area contributed by atoms with Gasteiger partial charge in [0.1, 0.15) is 5.75 Å². The van der Waals surface area contributed by atoms with Crippen LogP contribution in [0.15, 0.2) is 48.5 Å². The molecule has 28 heavy (non-hydrogen) atoms. The first kappa shape index (κ1) is 21.0. The summed E-state index contributed by atoms with van der Waals surface area (Å²) in [4.78, 5) is 35.9. The fourth-order valence-electron chi connectivity index (χ4n) is 2.31. The van der Waals surface area contributed by atoms with E-state index in [9.17, 15) is 14.4 Å². The minimum absolute atomic E-state index is 0.0796. The van der Waals surface area contributed by atoms with E-state index in [0.717, 1.165) is 0 Å². The molecule has 0 aliphatic carbocycles. The Morgan fingerprint density at radius 2 is 1.50 bits per heavy atom. The molecular weight excluding hydrogens is 358 g/mol. The number of hydrogen-bond donors (Lipinski definition) is 3. The van der Waals surface area contributed by atoms with Crippen LogP contribution in [0.3, 0.4) is 0 Å². The number of carbonyl (C=O) groups excluding carboxylic acids is 3. The number of nitrogens with one attached hydrogen (secondary N) is 3. The zero-order chi connectivity index (χ0) is 20.5. The summed E-state index contributed by atoms with van der Waals surface area (Å²) in [5.74, 6) is -0.0797. The third-order valence-electron chi connectivity index (χ3n) is 3.97. The van der Waals surface area contributed by atoms with Crippen molar-refractivity contribution in [3.63, 3.8) is 0 Å². The van der Waals surface area contributed by atoms with Gasteiger partial charge in [0, 0.05) is 35.8 Å². The van der Waals surface area contributed by atoms with Gasteiger partial charge in [-0.25, -0.2) is 0 Å². The smallest absolute Gasteiger partial charge is 0.251 e. The topological polar surface area (TPSA) is 96.5 Å². The number of hydrogen-bond acceptors (Lipinski definition) is 4. The Hall–Kier alpha value is -3.35. The van der Waals surface area contributed by atoms with Gasteiger partial charge in [-0.05, 0) is 42.5 Å². The predicted octanol–water partition coefficient (Wildman–Crippen LogP) is 2.45. The SMILES string of the molecule is COc1cccc(C(=O)NCCNC(=O)c2ccc(NC(=O)C(C)C)cc2)c1. The van der Waals surface area contributed by atoms with Gasteiger partial charge in [-0.15, -0.1) is 0 Å². The molecule has 0 spiro atoms. The molecule has 0 unspecified atom stereocenters. The Kier molecular flexibility index (Phi) is 7.56. The third kappa shape index (κ3) is 6.12. The van der Waals surface area contributed by atoms with Gasteiger partial charge >= 0.3 is 0 Å². The number of amides is 3. The fourth-order valence-corrected chi connectivity index (χ4v) is 2.31. The molecule has 0 radical (unpaired) electrons. The first-order valence-corrected chi connectivity index (χ1v) is 9.02. The average Bonchev–Trinajstić information content (AvgIpc) is 2.71. The molecule has 2 aromatic rings. The number of benzene rings is 2. The van der Waals surface area contributed by atoms with Crippen LogP contribution in [-0.2, 0) is 4.79 Å². The number of ether oxygens (including phenoxy) is 1. The summed E-state index contributed by atoms with van der Waals surface area (Å²) < 4.78 is 5.09. The van der Waals surface area contributed by atoms with Crippen LogP contribution in [0.1, 0.15) is 34.6 Å². The van der Waals surface area contributed by atoms with E-state index in [2.05, 4.69) is 16.0 Å². The van der Waals surface area contributed by atoms with Gasteiger partial charge in [0.25, 0.3) is 11.8 Å². The molecule has 3 N–H and O–H groups in total.